The van der Waals surface area contributed by atoms with Crippen LogP contribution in [0.4, 0.5) is 0 Å². The predicted molar refractivity (Wildman–Crippen MR) is 125 cm³/mol. The van der Waals surface area contributed by atoms with Gasteiger partial charge in [0.05, 0.1) is 16.8 Å². The molecule has 0 aliphatic carbocycles. The fourth-order valence-corrected chi connectivity index (χ4v) is 4.80. The van der Waals surface area contributed by atoms with Crippen LogP contribution in [-0.4, -0.2) is 19.7 Å². The molecular weight excluding hydrogens is 424 g/mol. The highest BCUT2D eigenvalue weighted by atomic mass is 32.1. The van der Waals surface area contributed by atoms with Crippen molar-refractivity contribution < 1.29 is 4.52 Å². The monoisotopic (exact) mass is 444 g/mol. The maximum Gasteiger partial charge on any atom is 0.329 e. The number of benzene rings is 2. The van der Waals surface area contributed by atoms with E-state index in [4.69, 9.17) is 4.52 Å². The van der Waals surface area contributed by atoms with Crippen LogP contribution in [-0.2, 0) is 13.0 Å². The van der Waals surface area contributed by atoms with Gasteiger partial charge in [0.1, 0.15) is 4.83 Å². The van der Waals surface area contributed by atoms with Crippen molar-refractivity contribution in [1.82, 2.24) is 19.7 Å². The molecule has 32 heavy (non-hydrogen) atoms. The van der Waals surface area contributed by atoms with Crippen LogP contribution in [0.25, 0.3) is 32.4 Å². The van der Waals surface area contributed by atoms with Crippen molar-refractivity contribution >= 4 is 21.6 Å². The number of thiophene rings is 1. The average molecular weight is 445 g/mol. The van der Waals surface area contributed by atoms with Gasteiger partial charge < -0.3 is 4.52 Å². The van der Waals surface area contributed by atoms with E-state index in [1.807, 2.05) is 61.5 Å². The summed E-state index contributed by atoms with van der Waals surface area (Å²) in [5, 5.41) is 4.57. The first kappa shape index (κ1) is 20.1. The van der Waals surface area contributed by atoms with Crippen molar-refractivity contribution in [2.45, 2.75) is 26.8 Å². The second kappa shape index (κ2) is 8.05. The molecule has 0 atom stereocenters. The predicted octanol–water partition coefficient (Wildman–Crippen LogP) is 4.39. The highest BCUT2D eigenvalue weighted by Crippen LogP contribution is 2.35. The summed E-state index contributed by atoms with van der Waals surface area (Å²) < 4.78 is 6.73. The van der Waals surface area contributed by atoms with Gasteiger partial charge in [-0.3, -0.25) is 14.3 Å². The first-order chi connectivity index (χ1) is 15.5. The van der Waals surface area contributed by atoms with Crippen LogP contribution in [0.1, 0.15) is 23.6 Å². The quantitative estimate of drug-likeness (QED) is 0.434. The van der Waals surface area contributed by atoms with Crippen LogP contribution in [0.5, 0.6) is 0 Å². The Morgan fingerprint density at radius 1 is 1.03 bits per heavy atom. The molecule has 0 amide bonds. The summed E-state index contributed by atoms with van der Waals surface area (Å²) >= 11 is 1.27. The fraction of sp³-hybridized carbons (Fsp3) is 0.167. The average Bonchev–Trinajstić information content (AvgIpc) is 3.42. The highest BCUT2D eigenvalue weighted by Gasteiger charge is 2.21. The SMILES string of the molecule is CCc1ccc(-c2noc(-c3sc4[nH]c(=O)n(Cc5ccccc5)c(=O)c4c3C)n2)cc1. The Hall–Kier alpha value is -3.78. The number of aromatic amines is 1. The van der Waals surface area contributed by atoms with E-state index in [9.17, 15) is 9.59 Å². The van der Waals surface area contributed by atoms with Gasteiger partial charge in [0.25, 0.3) is 11.4 Å². The van der Waals surface area contributed by atoms with Crippen molar-refractivity contribution in [2.75, 3.05) is 0 Å². The Balaban J connectivity index is 1.57. The molecule has 7 nitrogen and oxygen atoms in total. The molecule has 5 aromatic rings. The zero-order valence-electron chi connectivity index (χ0n) is 17.6. The van der Waals surface area contributed by atoms with Gasteiger partial charge in [-0.05, 0) is 30.0 Å². The smallest absolute Gasteiger partial charge is 0.329 e. The minimum absolute atomic E-state index is 0.202. The summed E-state index contributed by atoms with van der Waals surface area (Å²) in [7, 11) is 0. The Bertz CT molecular complexity index is 1530. The van der Waals surface area contributed by atoms with E-state index in [-0.39, 0.29) is 12.1 Å². The van der Waals surface area contributed by atoms with Gasteiger partial charge in [-0.1, -0.05) is 66.7 Å². The molecule has 5 rings (SSSR count). The van der Waals surface area contributed by atoms with Crippen LogP contribution in [0.3, 0.4) is 0 Å². The third kappa shape index (κ3) is 3.48. The summed E-state index contributed by atoms with van der Waals surface area (Å²) in [6.07, 6.45) is 0.957. The molecule has 0 radical (unpaired) electrons. The largest absolute Gasteiger partial charge is 0.333 e. The van der Waals surface area contributed by atoms with E-state index in [1.165, 1.54) is 21.5 Å². The Morgan fingerprint density at radius 3 is 2.50 bits per heavy atom. The standard InChI is InChI=1S/C24H20N4O3S/c1-3-15-9-11-17(12-10-15)20-25-21(31-27-20)19-14(2)18-22(32-19)26-24(30)28(23(18)29)13-16-7-5-4-6-8-16/h4-12H,3,13H2,1-2H3,(H,26,30). The van der Waals surface area contributed by atoms with Crippen molar-refractivity contribution in [1.29, 1.82) is 0 Å². The molecular formula is C24H20N4O3S. The maximum absolute atomic E-state index is 13.2. The lowest BCUT2D eigenvalue weighted by Crippen LogP contribution is -2.35. The molecule has 1 N–H and O–H groups in total. The fourth-order valence-electron chi connectivity index (χ4n) is 3.69. The summed E-state index contributed by atoms with van der Waals surface area (Å²) in [6, 6.07) is 17.4. The van der Waals surface area contributed by atoms with Crippen LogP contribution in [0, 0.1) is 6.92 Å². The van der Waals surface area contributed by atoms with E-state index in [2.05, 4.69) is 22.0 Å². The van der Waals surface area contributed by atoms with E-state index in [1.54, 1.807) is 0 Å². The zero-order chi connectivity index (χ0) is 22.2. The Morgan fingerprint density at radius 2 is 1.78 bits per heavy atom. The molecule has 0 fully saturated rings. The molecule has 3 aromatic heterocycles. The zero-order valence-corrected chi connectivity index (χ0v) is 18.4. The lowest BCUT2D eigenvalue weighted by molar-refractivity contribution is 0.433. The third-order valence-corrected chi connectivity index (χ3v) is 6.69. The lowest BCUT2D eigenvalue weighted by Gasteiger charge is -2.05. The normalized spacial score (nSPS) is 11.3. The van der Waals surface area contributed by atoms with Crippen molar-refractivity contribution in [3.05, 3.63) is 92.1 Å². The molecule has 0 aliphatic rings. The molecule has 8 heteroatoms. The van der Waals surface area contributed by atoms with E-state index in [0.29, 0.717) is 32.4 Å². The van der Waals surface area contributed by atoms with Crippen LogP contribution >= 0.6 is 11.3 Å². The van der Waals surface area contributed by atoms with Gasteiger partial charge in [-0.25, -0.2) is 4.79 Å². The number of aryl methyl sites for hydroxylation is 2. The van der Waals surface area contributed by atoms with Crippen molar-refractivity contribution in [2.24, 2.45) is 0 Å². The first-order valence-corrected chi connectivity index (χ1v) is 11.1. The molecule has 0 saturated heterocycles. The number of nitrogens with one attached hydrogen (secondary N) is 1. The minimum atomic E-state index is -0.443. The molecule has 0 bridgehead atoms. The number of fused-ring (bicyclic) bond motifs is 1. The second-order valence-corrected chi connectivity index (χ2v) is 8.56. The van der Waals surface area contributed by atoms with E-state index >= 15 is 0 Å². The number of hydrogen-bond donors (Lipinski definition) is 1. The Kier molecular flexibility index (Phi) is 5.07. The maximum atomic E-state index is 13.2. The van der Waals surface area contributed by atoms with Crippen LogP contribution in [0.2, 0.25) is 0 Å². The summed E-state index contributed by atoms with van der Waals surface area (Å²) in [5.74, 6) is 0.808. The molecule has 2 aromatic carbocycles. The van der Waals surface area contributed by atoms with Gasteiger partial charge in [-0.2, -0.15) is 4.98 Å². The topological polar surface area (TPSA) is 93.8 Å². The van der Waals surface area contributed by atoms with Gasteiger partial charge in [0.15, 0.2) is 0 Å². The Labute approximate surface area is 187 Å². The van der Waals surface area contributed by atoms with E-state index < -0.39 is 5.69 Å². The van der Waals surface area contributed by atoms with E-state index in [0.717, 1.165) is 17.5 Å². The highest BCUT2D eigenvalue weighted by molar-refractivity contribution is 7.22. The molecule has 0 unspecified atom stereocenters. The van der Waals surface area contributed by atoms with Gasteiger partial charge >= 0.3 is 5.69 Å². The lowest BCUT2D eigenvalue weighted by atomic mass is 10.1. The molecule has 0 aliphatic heterocycles. The van der Waals surface area contributed by atoms with Crippen LogP contribution in [0.15, 0.2) is 68.7 Å². The summed E-state index contributed by atoms with van der Waals surface area (Å²) in [6.45, 7) is 4.14. The molecule has 0 saturated carbocycles. The molecule has 3 heterocycles. The van der Waals surface area contributed by atoms with Crippen LogP contribution < -0.4 is 11.2 Å². The number of H-pyrrole nitrogens is 1. The van der Waals surface area contributed by atoms with Crippen molar-refractivity contribution in [3.63, 3.8) is 0 Å². The minimum Gasteiger partial charge on any atom is -0.333 e. The summed E-state index contributed by atoms with van der Waals surface area (Å²) in [5.41, 5.74) is 2.90. The number of hydrogen-bond acceptors (Lipinski definition) is 6. The first-order valence-electron chi connectivity index (χ1n) is 10.3. The van der Waals surface area contributed by atoms with Gasteiger partial charge in [-0.15, -0.1) is 11.3 Å². The van der Waals surface area contributed by atoms with Gasteiger partial charge in [0.2, 0.25) is 5.82 Å². The molecule has 160 valence electrons. The second-order valence-electron chi connectivity index (χ2n) is 7.54. The molecule has 0 spiro atoms. The van der Waals surface area contributed by atoms with Crippen molar-refractivity contribution in [3.8, 4) is 22.2 Å². The third-order valence-electron chi connectivity index (χ3n) is 5.50. The van der Waals surface area contributed by atoms with Gasteiger partial charge in [0, 0.05) is 5.56 Å². The number of aromatic nitrogens is 4. The number of rotatable bonds is 5. The summed E-state index contributed by atoms with van der Waals surface area (Å²) in [4.78, 5) is 34.4. The number of nitrogens with zero attached hydrogens (tertiary/aromatic N) is 3.